The SMILES string of the molecule is NC(Cc1ccc(F)cc1F)Cc1cccc(Cl)c1Cl. The lowest BCUT2D eigenvalue weighted by Crippen LogP contribution is -2.26. The standard InChI is InChI=1S/C15H13Cl2F2N/c16-13-3-1-2-10(15(13)17)7-12(20)6-9-4-5-11(18)8-14(9)19/h1-5,8,12H,6-7,20H2. The quantitative estimate of drug-likeness (QED) is 0.890. The van der Waals surface area contributed by atoms with Crippen LogP contribution in [0.15, 0.2) is 36.4 Å². The zero-order valence-electron chi connectivity index (χ0n) is 10.5. The number of nitrogens with two attached hydrogens (primary N) is 1. The lowest BCUT2D eigenvalue weighted by molar-refractivity contribution is 0.558. The molecule has 0 fully saturated rings. The van der Waals surface area contributed by atoms with E-state index in [0.717, 1.165) is 11.6 Å². The summed E-state index contributed by atoms with van der Waals surface area (Å²) in [5, 5.41) is 0.925. The summed E-state index contributed by atoms with van der Waals surface area (Å²) in [4.78, 5) is 0. The maximum atomic E-state index is 13.6. The monoisotopic (exact) mass is 315 g/mol. The third kappa shape index (κ3) is 3.69. The first kappa shape index (κ1) is 15.2. The van der Waals surface area contributed by atoms with E-state index in [0.29, 0.717) is 28.5 Å². The Kier molecular flexibility index (Phi) is 4.97. The van der Waals surface area contributed by atoms with E-state index in [4.69, 9.17) is 28.9 Å². The highest BCUT2D eigenvalue weighted by atomic mass is 35.5. The average molecular weight is 316 g/mol. The van der Waals surface area contributed by atoms with Gasteiger partial charge in [0, 0.05) is 12.1 Å². The summed E-state index contributed by atoms with van der Waals surface area (Å²) in [5.41, 5.74) is 7.20. The zero-order valence-corrected chi connectivity index (χ0v) is 12.1. The van der Waals surface area contributed by atoms with E-state index in [2.05, 4.69) is 0 Å². The van der Waals surface area contributed by atoms with Crippen LogP contribution in [0.1, 0.15) is 11.1 Å². The highest BCUT2D eigenvalue weighted by Gasteiger charge is 2.12. The first-order valence-corrected chi connectivity index (χ1v) is 6.85. The molecule has 5 heteroatoms. The van der Waals surface area contributed by atoms with Gasteiger partial charge in [0.25, 0.3) is 0 Å². The smallest absolute Gasteiger partial charge is 0.129 e. The molecule has 2 N–H and O–H groups in total. The topological polar surface area (TPSA) is 26.0 Å². The summed E-state index contributed by atoms with van der Waals surface area (Å²) in [7, 11) is 0. The van der Waals surface area contributed by atoms with Gasteiger partial charge in [0.2, 0.25) is 0 Å². The Hall–Kier alpha value is -1.16. The van der Waals surface area contributed by atoms with E-state index in [-0.39, 0.29) is 6.04 Å². The van der Waals surface area contributed by atoms with Crippen LogP contribution in [0.2, 0.25) is 10.0 Å². The van der Waals surface area contributed by atoms with E-state index >= 15 is 0 Å². The minimum absolute atomic E-state index is 0.301. The van der Waals surface area contributed by atoms with Crippen molar-refractivity contribution >= 4 is 23.2 Å². The van der Waals surface area contributed by atoms with Crippen molar-refractivity contribution in [2.24, 2.45) is 5.73 Å². The lowest BCUT2D eigenvalue weighted by atomic mass is 9.99. The van der Waals surface area contributed by atoms with E-state index in [1.54, 1.807) is 12.1 Å². The molecule has 0 heterocycles. The van der Waals surface area contributed by atoms with E-state index < -0.39 is 11.6 Å². The molecule has 0 saturated carbocycles. The molecule has 0 aliphatic heterocycles. The van der Waals surface area contributed by atoms with Crippen molar-refractivity contribution in [2.75, 3.05) is 0 Å². The molecular formula is C15H13Cl2F2N. The van der Waals surface area contributed by atoms with Crippen molar-refractivity contribution in [2.45, 2.75) is 18.9 Å². The average Bonchev–Trinajstić information content (AvgIpc) is 2.38. The maximum Gasteiger partial charge on any atom is 0.129 e. The van der Waals surface area contributed by atoms with Crippen molar-refractivity contribution in [1.29, 1.82) is 0 Å². The third-order valence-electron chi connectivity index (χ3n) is 3.01. The van der Waals surface area contributed by atoms with Crippen LogP contribution >= 0.6 is 23.2 Å². The Morgan fingerprint density at radius 3 is 2.40 bits per heavy atom. The molecule has 1 atom stereocenters. The predicted octanol–water partition coefficient (Wildman–Crippen LogP) is 4.38. The molecule has 2 aromatic rings. The molecule has 0 aliphatic rings. The molecule has 1 nitrogen and oxygen atoms in total. The zero-order chi connectivity index (χ0) is 14.7. The van der Waals surface area contributed by atoms with E-state index in [9.17, 15) is 8.78 Å². The number of rotatable bonds is 4. The Morgan fingerprint density at radius 2 is 1.70 bits per heavy atom. The molecule has 106 valence electrons. The molecular weight excluding hydrogens is 303 g/mol. The minimum Gasteiger partial charge on any atom is -0.327 e. The molecule has 2 aromatic carbocycles. The first-order chi connectivity index (χ1) is 9.47. The van der Waals surface area contributed by atoms with Crippen LogP contribution in [-0.2, 0) is 12.8 Å². The molecule has 0 aromatic heterocycles. The second-order valence-corrected chi connectivity index (χ2v) is 5.40. The summed E-state index contributed by atoms with van der Waals surface area (Å²) < 4.78 is 26.4. The molecule has 0 spiro atoms. The van der Waals surface area contributed by atoms with Crippen molar-refractivity contribution in [1.82, 2.24) is 0 Å². The minimum atomic E-state index is -0.599. The fourth-order valence-electron chi connectivity index (χ4n) is 2.03. The second kappa shape index (κ2) is 6.53. The van der Waals surface area contributed by atoms with Gasteiger partial charge in [-0.1, -0.05) is 41.4 Å². The molecule has 0 radical (unpaired) electrons. The number of hydrogen-bond acceptors (Lipinski definition) is 1. The maximum absolute atomic E-state index is 13.6. The predicted molar refractivity (Wildman–Crippen MR) is 78.2 cm³/mol. The van der Waals surface area contributed by atoms with Crippen LogP contribution in [0.4, 0.5) is 8.78 Å². The van der Waals surface area contributed by atoms with Crippen LogP contribution in [0.25, 0.3) is 0 Å². The second-order valence-electron chi connectivity index (χ2n) is 4.62. The Labute approximate surface area is 126 Å². The normalized spacial score (nSPS) is 12.4. The molecule has 2 rings (SSSR count). The van der Waals surface area contributed by atoms with Crippen LogP contribution in [0.3, 0.4) is 0 Å². The van der Waals surface area contributed by atoms with E-state index in [1.807, 2.05) is 6.07 Å². The molecule has 0 saturated heterocycles. The molecule has 0 bridgehead atoms. The highest BCUT2D eigenvalue weighted by molar-refractivity contribution is 6.42. The van der Waals surface area contributed by atoms with Gasteiger partial charge >= 0.3 is 0 Å². The number of halogens is 4. The Bertz CT molecular complexity index is 617. The number of benzene rings is 2. The van der Waals surface area contributed by atoms with Crippen LogP contribution in [0.5, 0.6) is 0 Å². The third-order valence-corrected chi connectivity index (χ3v) is 3.87. The van der Waals surface area contributed by atoms with Gasteiger partial charge in [0.15, 0.2) is 0 Å². The summed E-state index contributed by atoms with van der Waals surface area (Å²) in [6.07, 6.45) is 0.769. The van der Waals surface area contributed by atoms with Gasteiger partial charge in [-0.25, -0.2) is 8.78 Å². The first-order valence-electron chi connectivity index (χ1n) is 6.09. The summed E-state index contributed by atoms with van der Waals surface area (Å²) >= 11 is 12.0. The summed E-state index contributed by atoms with van der Waals surface area (Å²) in [5.74, 6) is -1.18. The lowest BCUT2D eigenvalue weighted by Gasteiger charge is -2.14. The van der Waals surface area contributed by atoms with Gasteiger partial charge in [-0.15, -0.1) is 0 Å². The fourth-order valence-corrected chi connectivity index (χ4v) is 2.43. The van der Waals surface area contributed by atoms with Gasteiger partial charge in [-0.05, 0) is 36.1 Å². The van der Waals surface area contributed by atoms with Gasteiger partial charge in [-0.2, -0.15) is 0 Å². The highest BCUT2D eigenvalue weighted by Crippen LogP contribution is 2.26. The Morgan fingerprint density at radius 1 is 1.00 bits per heavy atom. The van der Waals surface area contributed by atoms with Gasteiger partial charge < -0.3 is 5.73 Å². The molecule has 1 unspecified atom stereocenters. The summed E-state index contributed by atoms with van der Waals surface area (Å²) in [6, 6.07) is 8.46. The van der Waals surface area contributed by atoms with Gasteiger partial charge in [0.1, 0.15) is 11.6 Å². The van der Waals surface area contributed by atoms with Crippen molar-refractivity contribution < 1.29 is 8.78 Å². The molecule has 0 aliphatic carbocycles. The van der Waals surface area contributed by atoms with Crippen molar-refractivity contribution in [3.8, 4) is 0 Å². The Balaban J connectivity index is 2.09. The fraction of sp³-hybridized carbons (Fsp3) is 0.200. The summed E-state index contributed by atoms with van der Waals surface area (Å²) in [6.45, 7) is 0. The van der Waals surface area contributed by atoms with Crippen LogP contribution < -0.4 is 5.73 Å². The van der Waals surface area contributed by atoms with Crippen molar-refractivity contribution in [3.63, 3.8) is 0 Å². The van der Waals surface area contributed by atoms with Crippen molar-refractivity contribution in [3.05, 3.63) is 69.2 Å². The largest absolute Gasteiger partial charge is 0.327 e. The van der Waals surface area contributed by atoms with E-state index in [1.165, 1.54) is 12.1 Å². The molecule has 0 amide bonds. The van der Waals surface area contributed by atoms with Crippen LogP contribution in [-0.4, -0.2) is 6.04 Å². The van der Waals surface area contributed by atoms with Crippen LogP contribution in [0, 0.1) is 11.6 Å². The molecule has 20 heavy (non-hydrogen) atoms. The number of hydrogen-bond donors (Lipinski definition) is 1. The van der Waals surface area contributed by atoms with Gasteiger partial charge in [0.05, 0.1) is 10.0 Å². The van der Waals surface area contributed by atoms with Gasteiger partial charge in [-0.3, -0.25) is 0 Å².